The number of benzene rings is 1. The van der Waals surface area contributed by atoms with Crippen molar-refractivity contribution in [3.8, 4) is 0 Å². The molecule has 0 aliphatic heterocycles. The van der Waals surface area contributed by atoms with Crippen molar-refractivity contribution >= 4 is 10.4 Å². The Balaban J connectivity index is 2.76. The van der Waals surface area contributed by atoms with Crippen LogP contribution in [0.25, 0.3) is 0 Å². The van der Waals surface area contributed by atoms with Gasteiger partial charge in [0, 0.05) is 0 Å². The van der Waals surface area contributed by atoms with E-state index in [0.29, 0.717) is 5.56 Å². The molecule has 0 heterocycles. The van der Waals surface area contributed by atoms with Gasteiger partial charge in [-0.15, -0.1) is 0 Å². The number of rotatable bonds is 4. The molecular weight excluding hydrogens is 218 g/mol. The van der Waals surface area contributed by atoms with Gasteiger partial charge < -0.3 is 10.3 Å². The second-order valence-electron chi connectivity index (χ2n) is 3.45. The molecule has 0 radical (unpaired) electrons. The average molecular weight is 230 g/mol. The molecule has 1 atom stereocenters. The monoisotopic (exact) mass is 230 g/mol. The first kappa shape index (κ1) is 12.1. The first-order chi connectivity index (χ1) is 6.81. The number of nitrogens with two attached hydrogens (primary N) is 1. The van der Waals surface area contributed by atoms with Crippen molar-refractivity contribution in [2.45, 2.75) is 12.5 Å². The van der Waals surface area contributed by atoms with Crippen LogP contribution in [0.2, 0.25) is 0 Å². The van der Waals surface area contributed by atoms with E-state index >= 15 is 0 Å². The normalized spacial score (nSPS) is 15.9. The van der Waals surface area contributed by atoms with Crippen molar-refractivity contribution in [3.05, 3.63) is 35.9 Å². The summed E-state index contributed by atoms with van der Waals surface area (Å²) in [5.41, 5.74) is 5.52. The van der Waals surface area contributed by atoms with Gasteiger partial charge in [0.2, 0.25) is 10.4 Å². The minimum Gasteiger partial charge on any atom is -0.726 e. The zero-order valence-corrected chi connectivity index (χ0v) is 9.03. The highest BCUT2D eigenvalue weighted by Gasteiger charge is 2.22. The molecule has 2 N–H and O–H groups in total. The van der Waals surface area contributed by atoms with Crippen molar-refractivity contribution in [1.82, 2.24) is 0 Å². The molecule has 0 saturated heterocycles. The SMILES string of the molecule is CC(N)(COS(=O)(=O)[O-])c1ccccc1. The van der Waals surface area contributed by atoms with E-state index in [9.17, 15) is 13.0 Å². The van der Waals surface area contributed by atoms with E-state index in [0.717, 1.165) is 0 Å². The Labute approximate surface area is 88.8 Å². The minimum atomic E-state index is -4.70. The smallest absolute Gasteiger partial charge is 0.217 e. The van der Waals surface area contributed by atoms with Gasteiger partial charge in [0.25, 0.3) is 0 Å². The fraction of sp³-hybridized carbons (Fsp3) is 0.333. The molecule has 5 nitrogen and oxygen atoms in total. The van der Waals surface area contributed by atoms with Crippen molar-refractivity contribution in [1.29, 1.82) is 0 Å². The highest BCUT2D eigenvalue weighted by atomic mass is 32.3. The molecule has 1 aromatic carbocycles. The van der Waals surface area contributed by atoms with E-state index in [1.165, 1.54) is 0 Å². The van der Waals surface area contributed by atoms with Gasteiger partial charge in [0.15, 0.2) is 0 Å². The lowest BCUT2D eigenvalue weighted by Gasteiger charge is -2.25. The van der Waals surface area contributed by atoms with Gasteiger partial charge in [-0.05, 0) is 12.5 Å². The molecule has 0 aliphatic rings. The third-order valence-electron chi connectivity index (χ3n) is 1.94. The van der Waals surface area contributed by atoms with Crippen LogP contribution < -0.4 is 5.73 Å². The predicted octanol–water partition coefficient (Wildman–Crippen LogP) is 0.337. The van der Waals surface area contributed by atoms with Crippen LogP contribution in [0, 0.1) is 0 Å². The Morgan fingerprint density at radius 1 is 1.40 bits per heavy atom. The lowest BCUT2D eigenvalue weighted by atomic mass is 9.95. The average Bonchev–Trinajstić information content (AvgIpc) is 2.16. The molecule has 0 aromatic heterocycles. The van der Waals surface area contributed by atoms with Crippen molar-refractivity contribution < 1.29 is 17.2 Å². The fourth-order valence-electron chi connectivity index (χ4n) is 1.10. The third-order valence-corrected chi connectivity index (χ3v) is 2.34. The van der Waals surface area contributed by atoms with Gasteiger partial charge in [-0.25, -0.2) is 8.42 Å². The molecule has 0 aliphatic carbocycles. The summed E-state index contributed by atoms with van der Waals surface area (Å²) in [4.78, 5) is 0. The first-order valence-electron chi connectivity index (χ1n) is 4.26. The van der Waals surface area contributed by atoms with E-state index < -0.39 is 15.9 Å². The summed E-state index contributed by atoms with van der Waals surface area (Å²) in [5, 5.41) is 0. The largest absolute Gasteiger partial charge is 0.726 e. The zero-order valence-electron chi connectivity index (χ0n) is 8.21. The van der Waals surface area contributed by atoms with Crippen LogP contribution in [0.15, 0.2) is 30.3 Å². The number of hydrogen-bond acceptors (Lipinski definition) is 5. The molecule has 1 aromatic rings. The Hall–Kier alpha value is -0.950. The highest BCUT2D eigenvalue weighted by Crippen LogP contribution is 2.17. The molecule has 0 spiro atoms. The number of hydrogen-bond donors (Lipinski definition) is 1. The summed E-state index contributed by atoms with van der Waals surface area (Å²) in [7, 11) is -4.70. The Bertz CT molecular complexity index is 413. The Morgan fingerprint density at radius 3 is 2.40 bits per heavy atom. The van der Waals surface area contributed by atoms with Crippen molar-refractivity contribution in [2.24, 2.45) is 5.73 Å². The van der Waals surface area contributed by atoms with Gasteiger partial charge in [0.05, 0.1) is 12.1 Å². The van der Waals surface area contributed by atoms with Crippen LogP contribution in [0.1, 0.15) is 12.5 Å². The van der Waals surface area contributed by atoms with Gasteiger partial charge in [-0.3, -0.25) is 4.18 Å². The van der Waals surface area contributed by atoms with Crippen LogP contribution >= 0.6 is 0 Å². The van der Waals surface area contributed by atoms with E-state index in [4.69, 9.17) is 5.73 Å². The zero-order chi connectivity index (χ0) is 11.5. The molecule has 0 amide bonds. The molecule has 6 heteroatoms. The van der Waals surface area contributed by atoms with E-state index in [-0.39, 0.29) is 6.61 Å². The second kappa shape index (κ2) is 4.28. The molecule has 15 heavy (non-hydrogen) atoms. The van der Waals surface area contributed by atoms with Crippen LogP contribution in [0.4, 0.5) is 0 Å². The maximum Gasteiger partial charge on any atom is 0.217 e. The molecule has 1 unspecified atom stereocenters. The maximum atomic E-state index is 10.3. The Morgan fingerprint density at radius 2 is 1.93 bits per heavy atom. The summed E-state index contributed by atoms with van der Waals surface area (Å²) in [6, 6.07) is 8.82. The van der Waals surface area contributed by atoms with Gasteiger partial charge in [-0.1, -0.05) is 30.3 Å². The molecule has 0 saturated carbocycles. The standard InChI is InChI=1S/C9H13NO4S/c1-9(10,7-14-15(11,12)13)8-5-3-2-4-6-8/h2-6H,7,10H2,1H3,(H,11,12,13)/p-1. The molecular formula is C9H12NO4S-. The van der Waals surface area contributed by atoms with E-state index in [1.54, 1.807) is 31.2 Å². The van der Waals surface area contributed by atoms with Gasteiger partial charge in [0.1, 0.15) is 0 Å². The molecule has 0 bridgehead atoms. The highest BCUT2D eigenvalue weighted by molar-refractivity contribution is 7.80. The van der Waals surface area contributed by atoms with E-state index in [1.807, 2.05) is 6.07 Å². The Kier molecular flexibility index (Phi) is 3.46. The molecule has 0 fully saturated rings. The van der Waals surface area contributed by atoms with Crippen LogP contribution in [0.5, 0.6) is 0 Å². The lowest BCUT2D eigenvalue weighted by Crippen LogP contribution is -2.38. The van der Waals surface area contributed by atoms with Crippen molar-refractivity contribution in [2.75, 3.05) is 6.61 Å². The van der Waals surface area contributed by atoms with Gasteiger partial charge in [-0.2, -0.15) is 0 Å². The van der Waals surface area contributed by atoms with Crippen LogP contribution in [0.3, 0.4) is 0 Å². The predicted molar refractivity (Wildman–Crippen MR) is 53.6 cm³/mol. The van der Waals surface area contributed by atoms with Crippen LogP contribution in [-0.4, -0.2) is 19.6 Å². The minimum absolute atomic E-state index is 0.372. The maximum absolute atomic E-state index is 10.3. The molecule has 84 valence electrons. The van der Waals surface area contributed by atoms with Crippen molar-refractivity contribution in [3.63, 3.8) is 0 Å². The summed E-state index contributed by atoms with van der Waals surface area (Å²) in [5.74, 6) is 0. The second-order valence-corrected chi connectivity index (χ2v) is 4.51. The summed E-state index contributed by atoms with van der Waals surface area (Å²) in [6.07, 6.45) is 0. The van der Waals surface area contributed by atoms with E-state index in [2.05, 4.69) is 4.18 Å². The third kappa shape index (κ3) is 3.96. The quantitative estimate of drug-likeness (QED) is 0.594. The lowest BCUT2D eigenvalue weighted by molar-refractivity contribution is 0.205. The summed E-state index contributed by atoms with van der Waals surface area (Å²) in [6.45, 7) is 1.22. The summed E-state index contributed by atoms with van der Waals surface area (Å²) >= 11 is 0. The topological polar surface area (TPSA) is 92.5 Å². The first-order valence-corrected chi connectivity index (χ1v) is 5.59. The molecule has 1 rings (SSSR count). The summed E-state index contributed by atoms with van der Waals surface area (Å²) < 4.78 is 35.0. The fourth-order valence-corrected chi connectivity index (χ4v) is 1.49. The van der Waals surface area contributed by atoms with Gasteiger partial charge >= 0.3 is 0 Å². The van der Waals surface area contributed by atoms with Crippen LogP contribution in [-0.2, 0) is 20.1 Å².